The van der Waals surface area contributed by atoms with Crippen LogP contribution in [0.25, 0.3) is 0 Å². The van der Waals surface area contributed by atoms with E-state index in [2.05, 4.69) is 21.2 Å². The normalized spacial score (nSPS) is 9.58. The van der Waals surface area contributed by atoms with Crippen molar-refractivity contribution >= 4 is 27.5 Å². The molecule has 0 aliphatic rings. The Bertz CT molecular complexity index is 552. The number of hydrogen-bond donors (Lipinski definition) is 1. The molecule has 0 saturated carbocycles. The second-order valence-corrected chi connectivity index (χ2v) is 5.04. The second-order valence-electron chi connectivity index (χ2n) is 4.18. The maximum Gasteiger partial charge on any atom is 0.228 e. The van der Waals surface area contributed by atoms with Crippen LogP contribution in [-0.2, 0) is 11.2 Å². The van der Waals surface area contributed by atoms with Gasteiger partial charge in [-0.05, 0) is 30.7 Å². The fraction of sp³-hybridized carbons (Fsp3) is 0.133. The monoisotopic (exact) mass is 321 g/mol. The number of hydrogen-bond acceptors (Lipinski definition) is 1. The van der Waals surface area contributed by atoms with Crippen LogP contribution in [0.4, 0.5) is 5.69 Å². The zero-order valence-corrected chi connectivity index (χ0v) is 12.2. The van der Waals surface area contributed by atoms with E-state index in [0.717, 1.165) is 15.7 Å². The third kappa shape index (κ3) is 4.50. The molecule has 19 heavy (non-hydrogen) atoms. The van der Waals surface area contributed by atoms with Crippen LogP contribution in [0.2, 0.25) is 0 Å². The highest BCUT2D eigenvalue weighted by molar-refractivity contribution is 9.10. The Morgan fingerprint density at radius 3 is 2.37 bits per heavy atom. The van der Waals surface area contributed by atoms with Crippen molar-refractivity contribution in [3.63, 3.8) is 0 Å². The van der Waals surface area contributed by atoms with Crippen LogP contribution >= 0.6 is 15.9 Å². The van der Waals surface area contributed by atoms with E-state index >= 15 is 0 Å². The summed E-state index contributed by atoms with van der Waals surface area (Å²) in [5.41, 5.74) is 3.00. The summed E-state index contributed by atoms with van der Waals surface area (Å²) in [6, 6.07) is 15.5. The molecule has 100 valence electrons. The Morgan fingerprint density at radius 2 is 1.74 bits per heavy atom. The van der Waals surface area contributed by atoms with E-state index in [-0.39, 0.29) is 11.4 Å². The van der Waals surface area contributed by atoms with Crippen molar-refractivity contribution in [2.75, 3.05) is 5.32 Å². The third-order valence-corrected chi connectivity index (χ3v) is 3.42. The molecule has 3 nitrogen and oxygen atoms in total. The zero-order chi connectivity index (χ0) is 13.0. The summed E-state index contributed by atoms with van der Waals surface area (Å²) < 4.78 is 0.962. The molecule has 1 amide bonds. The van der Waals surface area contributed by atoms with Crippen LogP contribution < -0.4 is 5.32 Å². The maximum absolute atomic E-state index is 11.9. The van der Waals surface area contributed by atoms with Gasteiger partial charge >= 0.3 is 0 Å². The van der Waals surface area contributed by atoms with Crippen molar-refractivity contribution in [3.05, 3.63) is 64.1 Å². The Hall–Kier alpha value is -1.65. The molecule has 0 fully saturated rings. The Labute approximate surface area is 121 Å². The van der Waals surface area contributed by atoms with Gasteiger partial charge in [-0.1, -0.05) is 51.8 Å². The minimum Gasteiger partial charge on any atom is -0.412 e. The first-order valence-corrected chi connectivity index (χ1v) is 6.54. The molecular weight excluding hydrogens is 306 g/mol. The van der Waals surface area contributed by atoms with Crippen LogP contribution in [0.1, 0.15) is 11.1 Å². The van der Waals surface area contributed by atoms with Crippen molar-refractivity contribution in [3.8, 4) is 0 Å². The van der Waals surface area contributed by atoms with Crippen molar-refractivity contribution in [1.82, 2.24) is 0 Å². The van der Waals surface area contributed by atoms with E-state index in [0.29, 0.717) is 6.42 Å². The summed E-state index contributed by atoms with van der Waals surface area (Å²) in [7, 11) is 0. The largest absolute Gasteiger partial charge is 0.412 e. The van der Waals surface area contributed by atoms with E-state index in [1.807, 2.05) is 55.5 Å². The molecule has 3 N–H and O–H groups in total. The van der Waals surface area contributed by atoms with Crippen LogP contribution in [0, 0.1) is 6.92 Å². The lowest BCUT2D eigenvalue weighted by Gasteiger charge is -2.06. The highest BCUT2D eigenvalue weighted by Gasteiger charge is 2.06. The van der Waals surface area contributed by atoms with Gasteiger partial charge < -0.3 is 10.8 Å². The number of carbonyl (C=O) groups excluding carboxylic acids is 1. The Kier molecular flexibility index (Phi) is 5.73. The summed E-state index contributed by atoms with van der Waals surface area (Å²) in [5.74, 6) is -0.00856. The van der Waals surface area contributed by atoms with Crippen LogP contribution in [0.3, 0.4) is 0 Å². The molecule has 2 aromatic rings. The first-order valence-electron chi connectivity index (χ1n) is 5.75. The predicted octanol–water partition coefficient (Wildman–Crippen LogP) is 3.11. The van der Waals surface area contributed by atoms with Gasteiger partial charge in [-0.15, -0.1) is 0 Å². The summed E-state index contributed by atoms with van der Waals surface area (Å²) in [4.78, 5) is 11.9. The first kappa shape index (κ1) is 15.4. The number of benzene rings is 2. The fourth-order valence-electron chi connectivity index (χ4n) is 1.66. The second kappa shape index (κ2) is 7.07. The molecule has 2 rings (SSSR count). The van der Waals surface area contributed by atoms with Crippen molar-refractivity contribution in [1.29, 1.82) is 0 Å². The van der Waals surface area contributed by atoms with Crippen LogP contribution in [0.5, 0.6) is 0 Å². The number of rotatable bonds is 3. The van der Waals surface area contributed by atoms with E-state index in [1.165, 1.54) is 5.56 Å². The number of nitrogens with one attached hydrogen (secondary N) is 1. The lowest BCUT2D eigenvalue weighted by molar-refractivity contribution is -0.115. The molecule has 0 radical (unpaired) electrons. The Balaban J connectivity index is 0.00000180. The van der Waals surface area contributed by atoms with Gasteiger partial charge in [-0.2, -0.15) is 0 Å². The molecular formula is C15H16BrNO2. The average molecular weight is 322 g/mol. The highest BCUT2D eigenvalue weighted by atomic mass is 79.9. The molecule has 0 unspecified atom stereocenters. The minimum atomic E-state index is -0.00856. The standard InChI is InChI=1S/C15H14BrNO.H2O/c1-11-6-8-13(9-7-11)17-15(18)10-12-4-2-3-5-14(12)16;/h2-9H,10H2,1H3,(H,17,18);1H2. The molecule has 0 heterocycles. The summed E-state index contributed by atoms with van der Waals surface area (Å²) in [5, 5.41) is 2.89. The van der Waals surface area contributed by atoms with E-state index in [1.54, 1.807) is 0 Å². The fourth-order valence-corrected chi connectivity index (χ4v) is 2.08. The molecule has 0 aliphatic carbocycles. The Morgan fingerprint density at radius 1 is 1.11 bits per heavy atom. The van der Waals surface area contributed by atoms with Gasteiger partial charge in [0.05, 0.1) is 6.42 Å². The van der Waals surface area contributed by atoms with E-state index < -0.39 is 0 Å². The van der Waals surface area contributed by atoms with Crippen LogP contribution in [0.15, 0.2) is 53.0 Å². The van der Waals surface area contributed by atoms with Crippen molar-refractivity contribution in [2.45, 2.75) is 13.3 Å². The molecule has 0 aliphatic heterocycles. The van der Waals surface area contributed by atoms with Gasteiger partial charge in [0.2, 0.25) is 5.91 Å². The lowest BCUT2D eigenvalue weighted by Crippen LogP contribution is -2.14. The molecule has 0 aromatic heterocycles. The topological polar surface area (TPSA) is 60.6 Å². The van der Waals surface area contributed by atoms with Crippen molar-refractivity contribution < 1.29 is 10.3 Å². The van der Waals surface area contributed by atoms with E-state index in [4.69, 9.17) is 0 Å². The maximum atomic E-state index is 11.9. The van der Waals surface area contributed by atoms with Crippen LogP contribution in [-0.4, -0.2) is 11.4 Å². The predicted molar refractivity (Wildman–Crippen MR) is 81.3 cm³/mol. The quantitative estimate of drug-likeness (QED) is 0.927. The summed E-state index contributed by atoms with van der Waals surface area (Å²) >= 11 is 3.44. The summed E-state index contributed by atoms with van der Waals surface area (Å²) in [6.45, 7) is 2.02. The zero-order valence-electron chi connectivity index (χ0n) is 10.6. The molecule has 2 aromatic carbocycles. The number of aryl methyl sites for hydroxylation is 1. The van der Waals surface area contributed by atoms with Gasteiger partial charge in [0, 0.05) is 10.2 Å². The SMILES string of the molecule is Cc1ccc(NC(=O)Cc2ccccc2Br)cc1.O. The number of carbonyl (C=O) groups is 1. The van der Waals surface area contributed by atoms with Gasteiger partial charge in [0.25, 0.3) is 0 Å². The van der Waals surface area contributed by atoms with E-state index in [9.17, 15) is 4.79 Å². The highest BCUT2D eigenvalue weighted by Crippen LogP contribution is 2.17. The lowest BCUT2D eigenvalue weighted by atomic mass is 10.1. The smallest absolute Gasteiger partial charge is 0.228 e. The molecule has 0 bridgehead atoms. The third-order valence-electron chi connectivity index (χ3n) is 2.64. The number of amides is 1. The average Bonchev–Trinajstić information content (AvgIpc) is 2.35. The first-order chi connectivity index (χ1) is 8.65. The number of halogens is 1. The van der Waals surface area contributed by atoms with Gasteiger partial charge in [-0.3, -0.25) is 4.79 Å². The van der Waals surface area contributed by atoms with Gasteiger partial charge in [0.15, 0.2) is 0 Å². The van der Waals surface area contributed by atoms with Gasteiger partial charge in [0.1, 0.15) is 0 Å². The minimum absolute atomic E-state index is 0. The summed E-state index contributed by atoms with van der Waals surface area (Å²) in [6.07, 6.45) is 0.370. The molecule has 0 atom stereocenters. The molecule has 0 spiro atoms. The molecule has 4 heteroatoms. The van der Waals surface area contributed by atoms with Crippen molar-refractivity contribution in [2.24, 2.45) is 0 Å². The molecule has 0 saturated heterocycles. The van der Waals surface area contributed by atoms with Gasteiger partial charge in [-0.25, -0.2) is 0 Å². The number of anilines is 1.